The SMILES string of the molecule is Sc1ccc2c(c1)-c1ncnn1Cc1c(Cl)ncn1-2. The molecule has 0 N–H and O–H groups in total. The van der Waals surface area contributed by atoms with E-state index in [1.54, 1.807) is 12.7 Å². The summed E-state index contributed by atoms with van der Waals surface area (Å²) in [6.45, 7) is 0.546. The molecular formula is C12H8ClN5S. The fourth-order valence-corrected chi connectivity index (χ4v) is 2.74. The highest BCUT2D eigenvalue weighted by Crippen LogP contribution is 2.33. The number of rotatable bonds is 0. The second kappa shape index (κ2) is 3.85. The molecule has 0 amide bonds. The highest BCUT2D eigenvalue weighted by Gasteiger charge is 2.22. The number of thiol groups is 1. The first kappa shape index (κ1) is 11.1. The Kier molecular flexibility index (Phi) is 2.24. The van der Waals surface area contributed by atoms with Crippen LogP contribution in [0.4, 0.5) is 0 Å². The summed E-state index contributed by atoms with van der Waals surface area (Å²) in [6.07, 6.45) is 3.27. The van der Waals surface area contributed by atoms with E-state index in [0.29, 0.717) is 11.7 Å². The van der Waals surface area contributed by atoms with Gasteiger partial charge in [0.05, 0.1) is 17.9 Å². The van der Waals surface area contributed by atoms with Gasteiger partial charge in [0.15, 0.2) is 11.0 Å². The third-order valence-electron chi connectivity index (χ3n) is 3.21. The van der Waals surface area contributed by atoms with Crippen LogP contribution in [0.15, 0.2) is 35.7 Å². The molecule has 19 heavy (non-hydrogen) atoms. The maximum Gasteiger partial charge on any atom is 0.160 e. The molecule has 0 saturated heterocycles. The summed E-state index contributed by atoms with van der Waals surface area (Å²) in [5.74, 6) is 0.811. The van der Waals surface area contributed by atoms with E-state index in [4.69, 9.17) is 11.6 Å². The van der Waals surface area contributed by atoms with Crippen LogP contribution in [0.1, 0.15) is 5.69 Å². The van der Waals surface area contributed by atoms with E-state index in [9.17, 15) is 0 Å². The zero-order chi connectivity index (χ0) is 13.0. The van der Waals surface area contributed by atoms with Crippen LogP contribution in [0.3, 0.4) is 0 Å². The van der Waals surface area contributed by atoms with Crippen LogP contribution in [0.5, 0.6) is 0 Å². The Morgan fingerprint density at radius 3 is 3.05 bits per heavy atom. The van der Waals surface area contributed by atoms with Crippen LogP contribution in [0.25, 0.3) is 17.1 Å². The maximum absolute atomic E-state index is 6.15. The van der Waals surface area contributed by atoms with Gasteiger partial charge in [0.2, 0.25) is 0 Å². The average Bonchev–Trinajstić information content (AvgIpc) is 2.96. The first-order valence-electron chi connectivity index (χ1n) is 5.67. The van der Waals surface area contributed by atoms with Gasteiger partial charge in [-0.1, -0.05) is 11.6 Å². The molecule has 1 aromatic carbocycles. The first-order valence-corrected chi connectivity index (χ1v) is 6.50. The van der Waals surface area contributed by atoms with Gasteiger partial charge < -0.3 is 0 Å². The normalized spacial score (nSPS) is 12.5. The van der Waals surface area contributed by atoms with Crippen molar-refractivity contribution in [1.82, 2.24) is 24.3 Å². The Labute approximate surface area is 119 Å². The van der Waals surface area contributed by atoms with Gasteiger partial charge in [-0.2, -0.15) is 5.10 Å². The van der Waals surface area contributed by atoms with Crippen molar-refractivity contribution in [2.75, 3.05) is 0 Å². The molecule has 0 aliphatic carbocycles. The molecule has 5 nitrogen and oxygen atoms in total. The predicted molar refractivity (Wildman–Crippen MR) is 73.9 cm³/mol. The second-order valence-corrected chi connectivity index (χ2v) is 5.17. The number of fused-ring (bicyclic) bond motifs is 5. The van der Waals surface area contributed by atoms with Gasteiger partial charge in [0, 0.05) is 10.5 Å². The number of hydrogen-bond acceptors (Lipinski definition) is 4. The van der Waals surface area contributed by atoms with E-state index in [2.05, 4.69) is 27.7 Å². The molecule has 0 spiro atoms. The van der Waals surface area contributed by atoms with Gasteiger partial charge in [-0.05, 0) is 18.2 Å². The molecule has 1 aliphatic heterocycles. The number of benzene rings is 1. The van der Waals surface area contributed by atoms with E-state index in [-0.39, 0.29) is 0 Å². The van der Waals surface area contributed by atoms with Crippen LogP contribution in [-0.4, -0.2) is 24.3 Å². The summed E-state index contributed by atoms with van der Waals surface area (Å²) in [7, 11) is 0. The third kappa shape index (κ3) is 1.53. The van der Waals surface area contributed by atoms with Gasteiger partial charge in [0.25, 0.3) is 0 Å². The van der Waals surface area contributed by atoms with Crippen molar-refractivity contribution in [3.63, 3.8) is 0 Å². The Morgan fingerprint density at radius 2 is 2.16 bits per heavy atom. The Hall–Kier alpha value is -1.79. The van der Waals surface area contributed by atoms with Crippen LogP contribution in [-0.2, 0) is 6.54 Å². The predicted octanol–water partition coefficient (Wildman–Crippen LogP) is 2.43. The molecule has 0 fully saturated rings. The minimum Gasteiger partial charge on any atom is -0.299 e. The molecule has 1 aliphatic rings. The zero-order valence-corrected chi connectivity index (χ0v) is 11.3. The van der Waals surface area contributed by atoms with Crippen molar-refractivity contribution in [2.45, 2.75) is 11.4 Å². The largest absolute Gasteiger partial charge is 0.299 e. The van der Waals surface area contributed by atoms with Gasteiger partial charge in [-0.15, -0.1) is 12.6 Å². The van der Waals surface area contributed by atoms with Crippen LogP contribution >= 0.6 is 24.2 Å². The lowest BCUT2D eigenvalue weighted by Crippen LogP contribution is -2.04. The highest BCUT2D eigenvalue weighted by atomic mass is 35.5. The molecule has 0 saturated carbocycles. The third-order valence-corrected chi connectivity index (χ3v) is 3.81. The van der Waals surface area contributed by atoms with Gasteiger partial charge in [-0.25, -0.2) is 14.6 Å². The molecule has 2 aromatic heterocycles. The van der Waals surface area contributed by atoms with Crippen LogP contribution in [0, 0.1) is 0 Å². The summed E-state index contributed by atoms with van der Waals surface area (Å²) < 4.78 is 3.79. The lowest BCUT2D eigenvalue weighted by Gasteiger charge is -2.08. The second-order valence-electron chi connectivity index (χ2n) is 4.29. The van der Waals surface area contributed by atoms with E-state index in [1.807, 2.05) is 27.4 Å². The molecule has 0 atom stereocenters. The summed E-state index contributed by atoms with van der Waals surface area (Å²) in [4.78, 5) is 9.38. The molecule has 94 valence electrons. The number of nitrogens with zero attached hydrogens (tertiary/aromatic N) is 5. The molecule has 4 rings (SSSR count). The Balaban J connectivity index is 2.13. The van der Waals surface area contributed by atoms with Gasteiger partial charge in [0.1, 0.15) is 12.7 Å². The van der Waals surface area contributed by atoms with E-state index in [1.165, 1.54) is 0 Å². The lowest BCUT2D eigenvalue weighted by molar-refractivity contribution is 0.677. The van der Waals surface area contributed by atoms with Crippen molar-refractivity contribution in [3.05, 3.63) is 41.7 Å². The minimum atomic E-state index is 0.490. The Morgan fingerprint density at radius 1 is 1.26 bits per heavy atom. The van der Waals surface area contributed by atoms with Crippen molar-refractivity contribution >= 4 is 24.2 Å². The molecule has 0 unspecified atom stereocenters. The molecule has 3 heterocycles. The van der Waals surface area contributed by atoms with Gasteiger partial charge >= 0.3 is 0 Å². The van der Waals surface area contributed by atoms with Crippen molar-refractivity contribution in [3.8, 4) is 17.1 Å². The molecular weight excluding hydrogens is 282 g/mol. The van der Waals surface area contributed by atoms with Crippen molar-refractivity contribution < 1.29 is 0 Å². The quantitative estimate of drug-likeness (QED) is 0.506. The average molecular weight is 290 g/mol. The van der Waals surface area contributed by atoms with E-state index in [0.717, 1.165) is 27.7 Å². The Bertz CT molecular complexity index is 791. The molecule has 0 radical (unpaired) electrons. The van der Waals surface area contributed by atoms with E-state index < -0.39 is 0 Å². The monoisotopic (exact) mass is 289 g/mol. The lowest BCUT2D eigenvalue weighted by atomic mass is 10.1. The fraction of sp³-hybridized carbons (Fsp3) is 0.0833. The van der Waals surface area contributed by atoms with Gasteiger partial charge in [-0.3, -0.25) is 4.57 Å². The van der Waals surface area contributed by atoms with Crippen molar-refractivity contribution in [1.29, 1.82) is 0 Å². The number of aromatic nitrogens is 5. The molecule has 7 heteroatoms. The summed E-state index contributed by atoms with van der Waals surface area (Å²) in [6, 6.07) is 5.90. The molecule has 0 bridgehead atoms. The first-order chi connectivity index (χ1) is 9.24. The van der Waals surface area contributed by atoms with Crippen LogP contribution < -0.4 is 0 Å². The number of halogens is 1. The zero-order valence-electron chi connectivity index (χ0n) is 9.66. The summed E-state index contributed by atoms with van der Waals surface area (Å²) in [5, 5.41) is 4.74. The standard InChI is InChI=1S/C12H8ClN5S/c13-11-10-4-18-12(14-5-16-18)8-3-7(19)1-2-9(8)17(10)6-15-11/h1-3,5-6,19H,4H2. The summed E-state index contributed by atoms with van der Waals surface area (Å²) >= 11 is 10.5. The van der Waals surface area contributed by atoms with E-state index >= 15 is 0 Å². The van der Waals surface area contributed by atoms with Crippen LogP contribution in [0.2, 0.25) is 5.15 Å². The smallest absolute Gasteiger partial charge is 0.160 e. The minimum absolute atomic E-state index is 0.490. The van der Waals surface area contributed by atoms with Crippen molar-refractivity contribution in [2.24, 2.45) is 0 Å². The molecule has 3 aromatic rings. The fourth-order valence-electron chi connectivity index (χ4n) is 2.34. The number of hydrogen-bond donors (Lipinski definition) is 1. The maximum atomic E-state index is 6.15. The number of imidazole rings is 1. The topological polar surface area (TPSA) is 48.5 Å². The highest BCUT2D eigenvalue weighted by molar-refractivity contribution is 7.80. The summed E-state index contributed by atoms with van der Waals surface area (Å²) in [5.41, 5.74) is 2.86.